The minimum absolute atomic E-state index is 0.149. The van der Waals surface area contributed by atoms with Crippen molar-refractivity contribution >= 4 is 17.1 Å². The molecule has 0 atom stereocenters. The number of nitro groups is 3. The van der Waals surface area contributed by atoms with E-state index in [-0.39, 0.29) is 25.0 Å². The zero-order valence-electron chi connectivity index (χ0n) is 9.51. The Balaban J connectivity index is 3.48. The molecule has 0 aliphatic rings. The SMILES string of the molecule is O=[N+]([O-])c1cc(CCCO)cc([N+](=O)[O-])c1[N+](=O)[O-]. The maximum Gasteiger partial charge on any atom is 0.422 e. The van der Waals surface area contributed by atoms with Crippen LogP contribution in [0, 0.1) is 30.3 Å². The van der Waals surface area contributed by atoms with Crippen LogP contribution < -0.4 is 0 Å². The molecule has 1 rings (SSSR count). The fraction of sp³-hybridized carbons (Fsp3) is 0.333. The summed E-state index contributed by atoms with van der Waals surface area (Å²) in [6.45, 7) is -0.196. The number of nitro benzene ring substituents is 3. The minimum atomic E-state index is -1.15. The van der Waals surface area contributed by atoms with Crippen molar-refractivity contribution in [2.75, 3.05) is 6.61 Å². The number of hydrogen-bond acceptors (Lipinski definition) is 7. The average molecular weight is 271 g/mol. The maximum absolute atomic E-state index is 10.8. The number of hydrogen-bond donors (Lipinski definition) is 1. The molecule has 0 aliphatic carbocycles. The fourth-order valence-corrected chi connectivity index (χ4v) is 1.55. The fourth-order valence-electron chi connectivity index (χ4n) is 1.55. The molecule has 1 N–H and O–H groups in total. The monoisotopic (exact) mass is 271 g/mol. The van der Waals surface area contributed by atoms with E-state index >= 15 is 0 Å². The van der Waals surface area contributed by atoms with Crippen LogP contribution in [-0.2, 0) is 6.42 Å². The Morgan fingerprint density at radius 1 is 0.947 bits per heavy atom. The molecule has 1 aromatic carbocycles. The van der Waals surface area contributed by atoms with E-state index in [1.54, 1.807) is 0 Å². The predicted octanol–water partition coefficient (Wildman–Crippen LogP) is 1.34. The number of rotatable bonds is 6. The third kappa shape index (κ3) is 3.19. The quantitative estimate of drug-likeness (QED) is 0.605. The van der Waals surface area contributed by atoms with Crippen LogP contribution in [0.4, 0.5) is 17.1 Å². The van der Waals surface area contributed by atoms with Gasteiger partial charge in [-0.15, -0.1) is 0 Å². The molecule has 0 aromatic heterocycles. The van der Waals surface area contributed by atoms with Gasteiger partial charge in [0.15, 0.2) is 0 Å². The van der Waals surface area contributed by atoms with E-state index in [0.29, 0.717) is 0 Å². The van der Waals surface area contributed by atoms with Gasteiger partial charge in [-0.25, -0.2) is 0 Å². The van der Waals surface area contributed by atoms with E-state index in [1.807, 2.05) is 0 Å². The lowest BCUT2D eigenvalue weighted by atomic mass is 10.1. The van der Waals surface area contributed by atoms with Crippen molar-refractivity contribution in [1.29, 1.82) is 0 Å². The van der Waals surface area contributed by atoms with Gasteiger partial charge in [-0.3, -0.25) is 30.3 Å². The van der Waals surface area contributed by atoms with Gasteiger partial charge < -0.3 is 5.11 Å². The highest BCUT2D eigenvalue weighted by atomic mass is 16.6. The zero-order chi connectivity index (χ0) is 14.6. The van der Waals surface area contributed by atoms with Crippen molar-refractivity contribution in [2.24, 2.45) is 0 Å². The normalized spacial score (nSPS) is 10.2. The molecule has 0 heterocycles. The summed E-state index contributed by atoms with van der Waals surface area (Å²) < 4.78 is 0. The third-order valence-electron chi connectivity index (χ3n) is 2.33. The number of benzene rings is 1. The summed E-state index contributed by atoms with van der Waals surface area (Å²) in [5.74, 6) is 0. The Bertz CT molecular complexity index is 508. The van der Waals surface area contributed by atoms with Crippen LogP contribution in [0.2, 0.25) is 0 Å². The van der Waals surface area contributed by atoms with Gasteiger partial charge in [0.25, 0.3) is 0 Å². The van der Waals surface area contributed by atoms with Gasteiger partial charge in [0.2, 0.25) is 0 Å². The Morgan fingerprint density at radius 2 is 1.42 bits per heavy atom. The highest BCUT2D eigenvalue weighted by Gasteiger charge is 2.36. The second-order valence-corrected chi connectivity index (χ2v) is 3.58. The summed E-state index contributed by atoms with van der Waals surface area (Å²) >= 11 is 0. The van der Waals surface area contributed by atoms with Gasteiger partial charge in [0.05, 0.1) is 14.8 Å². The molecule has 0 saturated carbocycles. The lowest BCUT2D eigenvalue weighted by Crippen LogP contribution is -2.03. The second-order valence-electron chi connectivity index (χ2n) is 3.58. The molecule has 0 saturated heterocycles. The summed E-state index contributed by atoms with van der Waals surface area (Å²) in [7, 11) is 0. The number of nitrogens with zero attached hydrogens (tertiary/aromatic N) is 3. The van der Waals surface area contributed by atoms with Crippen LogP contribution in [0.25, 0.3) is 0 Å². The molecule has 19 heavy (non-hydrogen) atoms. The van der Waals surface area contributed by atoms with Crippen LogP contribution in [0.1, 0.15) is 12.0 Å². The van der Waals surface area contributed by atoms with Crippen LogP contribution in [-0.4, -0.2) is 26.5 Å². The number of aliphatic hydroxyl groups excluding tert-OH is 1. The molecule has 1 aromatic rings. The van der Waals surface area contributed by atoms with E-state index in [9.17, 15) is 30.3 Å². The van der Waals surface area contributed by atoms with Crippen LogP contribution in [0.3, 0.4) is 0 Å². The molecule has 0 spiro atoms. The van der Waals surface area contributed by atoms with Gasteiger partial charge in [-0.2, -0.15) is 0 Å². The molecule has 0 radical (unpaired) electrons. The van der Waals surface area contributed by atoms with Crippen LogP contribution in [0.5, 0.6) is 0 Å². The largest absolute Gasteiger partial charge is 0.422 e. The standard InChI is InChI=1S/C9H9N3O7/c13-3-1-2-6-4-7(10(14)15)9(12(18)19)8(5-6)11(16)17/h4-5,13H,1-3H2. The summed E-state index contributed by atoms with van der Waals surface area (Å²) in [5, 5.41) is 40.9. The van der Waals surface area contributed by atoms with Gasteiger partial charge in [-0.1, -0.05) is 0 Å². The van der Waals surface area contributed by atoms with Crippen LogP contribution >= 0.6 is 0 Å². The molecular formula is C9H9N3O7. The van der Waals surface area contributed by atoms with Crippen molar-refractivity contribution in [1.82, 2.24) is 0 Å². The van der Waals surface area contributed by atoms with E-state index in [0.717, 1.165) is 12.1 Å². The van der Waals surface area contributed by atoms with Gasteiger partial charge in [0.1, 0.15) is 0 Å². The van der Waals surface area contributed by atoms with Crippen molar-refractivity contribution in [3.05, 3.63) is 48.0 Å². The molecule has 10 nitrogen and oxygen atoms in total. The second kappa shape index (κ2) is 5.82. The summed E-state index contributed by atoms with van der Waals surface area (Å²) in [5.41, 5.74) is -2.79. The smallest absolute Gasteiger partial charge is 0.396 e. The number of aliphatic hydroxyl groups is 1. The predicted molar refractivity (Wildman–Crippen MR) is 61.8 cm³/mol. The third-order valence-corrected chi connectivity index (χ3v) is 2.33. The summed E-state index contributed by atoms with van der Waals surface area (Å²) in [6, 6.07) is 1.83. The Hall–Kier alpha value is -2.62. The van der Waals surface area contributed by atoms with Crippen molar-refractivity contribution in [3.8, 4) is 0 Å². The summed E-state index contributed by atoms with van der Waals surface area (Å²) in [4.78, 5) is 29.0. The van der Waals surface area contributed by atoms with Gasteiger partial charge >= 0.3 is 17.1 Å². The molecule has 10 heteroatoms. The number of aryl methyl sites for hydroxylation is 1. The van der Waals surface area contributed by atoms with E-state index in [4.69, 9.17) is 5.11 Å². The lowest BCUT2D eigenvalue weighted by molar-refractivity contribution is -0.441. The molecule has 0 amide bonds. The molecule has 0 fully saturated rings. The van der Waals surface area contributed by atoms with Crippen molar-refractivity contribution in [3.63, 3.8) is 0 Å². The van der Waals surface area contributed by atoms with Crippen molar-refractivity contribution in [2.45, 2.75) is 12.8 Å². The summed E-state index contributed by atoms with van der Waals surface area (Å²) in [6.07, 6.45) is 0.391. The average Bonchev–Trinajstić information content (AvgIpc) is 2.34. The minimum Gasteiger partial charge on any atom is -0.396 e. The Kier molecular flexibility index (Phi) is 4.42. The van der Waals surface area contributed by atoms with Crippen molar-refractivity contribution < 1.29 is 19.9 Å². The molecule has 0 unspecified atom stereocenters. The first-order chi connectivity index (χ1) is 8.88. The lowest BCUT2D eigenvalue weighted by Gasteiger charge is -2.02. The Labute approximate surface area is 105 Å². The van der Waals surface area contributed by atoms with Crippen LogP contribution in [0.15, 0.2) is 12.1 Å². The van der Waals surface area contributed by atoms with Gasteiger partial charge in [-0.05, 0) is 18.4 Å². The topological polar surface area (TPSA) is 150 Å². The van der Waals surface area contributed by atoms with E-state index in [1.165, 1.54) is 0 Å². The first kappa shape index (κ1) is 14.4. The van der Waals surface area contributed by atoms with E-state index < -0.39 is 31.8 Å². The zero-order valence-corrected chi connectivity index (χ0v) is 9.51. The molecular weight excluding hydrogens is 262 g/mol. The molecule has 0 aliphatic heterocycles. The first-order valence-corrected chi connectivity index (χ1v) is 5.09. The maximum atomic E-state index is 10.8. The van der Waals surface area contributed by atoms with E-state index in [2.05, 4.69) is 0 Å². The van der Waals surface area contributed by atoms with Gasteiger partial charge in [0, 0.05) is 18.7 Å². The molecule has 102 valence electrons. The Morgan fingerprint density at radius 3 is 1.74 bits per heavy atom. The molecule has 0 bridgehead atoms. The highest BCUT2D eigenvalue weighted by molar-refractivity contribution is 5.67. The highest BCUT2D eigenvalue weighted by Crippen LogP contribution is 2.37. The first-order valence-electron chi connectivity index (χ1n) is 5.09.